The molecule has 2 aromatic rings. The first kappa shape index (κ1) is 13.7. The molecule has 0 aliphatic carbocycles. The van der Waals surface area contributed by atoms with Gasteiger partial charge >= 0.3 is 0 Å². The van der Waals surface area contributed by atoms with Crippen molar-refractivity contribution in [1.29, 1.82) is 0 Å². The molecule has 1 fully saturated rings. The second-order valence-corrected chi connectivity index (χ2v) is 5.59. The molecule has 3 rings (SSSR count). The molecule has 1 amide bonds. The number of nitrogen functional groups attached to an aromatic ring is 1. The van der Waals surface area contributed by atoms with E-state index in [4.69, 9.17) is 5.73 Å². The molecule has 1 unspecified atom stereocenters. The van der Waals surface area contributed by atoms with Gasteiger partial charge in [0.2, 0.25) is 0 Å². The van der Waals surface area contributed by atoms with E-state index in [1.807, 2.05) is 17.0 Å². The average Bonchev–Trinajstić information content (AvgIpc) is 3.06. The Balaban J connectivity index is 1.95. The Morgan fingerprint density at radius 1 is 1.38 bits per heavy atom. The van der Waals surface area contributed by atoms with E-state index in [0.29, 0.717) is 11.4 Å². The topological polar surface area (TPSA) is 64.2 Å². The zero-order chi connectivity index (χ0) is 15.0. The first-order valence-corrected chi connectivity index (χ1v) is 7.23. The van der Waals surface area contributed by atoms with E-state index in [0.717, 1.165) is 19.4 Å². The Morgan fingerprint density at radius 2 is 2.14 bits per heavy atom. The average molecular weight is 284 g/mol. The number of rotatable bonds is 2. The fraction of sp³-hybridized carbons (Fsp3) is 0.375. The second kappa shape index (κ2) is 5.24. The number of likely N-dealkylation sites (tertiary alicyclic amines) is 1. The van der Waals surface area contributed by atoms with Crippen molar-refractivity contribution in [2.45, 2.75) is 25.8 Å². The number of anilines is 1. The highest BCUT2D eigenvalue weighted by Gasteiger charge is 2.33. The smallest absolute Gasteiger partial charge is 0.274 e. The third-order valence-electron chi connectivity index (χ3n) is 4.23. The third kappa shape index (κ3) is 2.28. The number of benzene rings is 1. The zero-order valence-corrected chi connectivity index (χ0v) is 12.4. The van der Waals surface area contributed by atoms with Crippen molar-refractivity contribution in [2.75, 3.05) is 12.3 Å². The summed E-state index contributed by atoms with van der Waals surface area (Å²) in [5.74, 6) is -0.0294. The molecule has 1 saturated heterocycles. The largest absolute Gasteiger partial charge is 0.396 e. The summed E-state index contributed by atoms with van der Waals surface area (Å²) < 4.78 is 1.56. The van der Waals surface area contributed by atoms with Crippen molar-refractivity contribution in [3.8, 4) is 0 Å². The first-order valence-electron chi connectivity index (χ1n) is 7.23. The van der Waals surface area contributed by atoms with Crippen LogP contribution in [0, 0.1) is 6.92 Å². The van der Waals surface area contributed by atoms with Crippen LogP contribution in [0.25, 0.3) is 0 Å². The molecule has 2 N–H and O–H groups in total. The Labute approximate surface area is 124 Å². The minimum absolute atomic E-state index is 0.0294. The van der Waals surface area contributed by atoms with Gasteiger partial charge in [-0.25, -0.2) is 0 Å². The van der Waals surface area contributed by atoms with Gasteiger partial charge in [-0.2, -0.15) is 5.10 Å². The van der Waals surface area contributed by atoms with Crippen LogP contribution in [0.15, 0.2) is 30.5 Å². The molecule has 5 nitrogen and oxygen atoms in total. The summed E-state index contributed by atoms with van der Waals surface area (Å²) >= 11 is 0. The van der Waals surface area contributed by atoms with E-state index in [1.165, 1.54) is 17.3 Å². The lowest BCUT2D eigenvalue weighted by atomic mass is 9.99. The molecule has 1 aromatic carbocycles. The maximum absolute atomic E-state index is 12.8. The predicted molar refractivity (Wildman–Crippen MR) is 81.8 cm³/mol. The maximum atomic E-state index is 12.8. The van der Waals surface area contributed by atoms with Crippen LogP contribution in [-0.2, 0) is 7.05 Å². The number of nitrogens with zero attached hydrogens (tertiary/aromatic N) is 3. The normalized spacial score (nSPS) is 18.2. The van der Waals surface area contributed by atoms with Crippen molar-refractivity contribution in [1.82, 2.24) is 14.7 Å². The van der Waals surface area contributed by atoms with Gasteiger partial charge in [-0.1, -0.05) is 24.3 Å². The molecule has 110 valence electrons. The highest BCUT2D eigenvalue weighted by atomic mass is 16.2. The molecular weight excluding hydrogens is 264 g/mol. The molecule has 1 aliphatic heterocycles. The van der Waals surface area contributed by atoms with Crippen LogP contribution in [-0.4, -0.2) is 27.1 Å². The van der Waals surface area contributed by atoms with Gasteiger partial charge in [0.1, 0.15) is 5.69 Å². The van der Waals surface area contributed by atoms with Gasteiger partial charge in [-0.05, 0) is 30.9 Å². The lowest BCUT2D eigenvalue weighted by molar-refractivity contribution is 0.0725. The van der Waals surface area contributed by atoms with Gasteiger partial charge in [0.05, 0.1) is 17.9 Å². The Kier molecular flexibility index (Phi) is 3.41. The van der Waals surface area contributed by atoms with Crippen LogP contribution in [0.2, 0.25) is 0 Å². The van der Waals surface area contributed by atoms with Gasteiger partial charge in [-0.3, -0.25) is 9.48 Å². The van der Waals surface area contributed by atoms with E-state index in [9.17, 15) is 4.79 Å². The number of aryl methyl sites for hydroxylation is 2. The fourth-order valence-electron chi connectivity index (χ4n) is 3.15. The number of aromatic nitrogens is 2. The Bertz CT molecular complexity index is 657. The molecule has 0 bridgehead atoms. The number of hydrogen-bond acceptors (Lipinski definition) is 3. The molecule has 0 radical (unpaired) electrons. The van der Waals surface area contributed by atoms with E-state index < -0.39 is 0 Å². The molecule has 21 heavy (non-hydrogen) atoms. The molecule has 0 saturated carbocycles. The summed E-state index contributed by atoms with van der Waals surface area (Å²) in [6.45, 7) is 2.86. The van der Waals surface area contributed by atoms with Crippen LogP contribution in [0.4, 0.5) is 5.69 Å². The summed E-state index contributed by atoms with van der Waals surface area (Å²) in [7, 11) is 1.75. The fourth-order valence-corrected chi connectivity index (χ4v) is 3.15. The quantitative estimate of drug-likeness (QED) is 0.920. The standard InChI is InChI=1S/C16H20N4O/c1-11-6-3-4-7-12(11)14-8-5-9-20(14)16(21)15-13(17)10-18-19(15)2/h3-4,6-7,10,14H,5,8-9,17H2,1-2H3. The predicted octanol–water partition coefficient (Wildman–Crippen LogP) is 2.29. The van der Waals surface area contributed by atoms with Gasteiger partial charge in [0.15, 0.2) is 0 Å². The Morgan fingerprint density at radius 3 is 2.81 bits per heavy atom. The minimum Gasteiger partial charge on any atom is -0.396 e. The van der Waals surface area contributed by atoms with Crippen molar-refractivity contribution in [2.24, 2.45) is 7.05 Å². The van der Waals surface area contributed by atoms with Gasteiger partial charge in [0, 0.05) is 13.6 Å². The third-order valence-corrected chi connectivity index (χ3v) is 4.23. The van der Waals surface area contributed by atoms with Crippen molar-refractivity contribution < 1.29 is 4.79 Å². The number of carbonyl (C=O) groups is 1. The van der Waals surface area contributed by atoms with Gasteiger partial charge < -0.3 is 10.6 Å². The monoisotopic (exact) mass is 284 g/mol. The molecule has 1 aliphatic rings. The van der Waals surface area contributed by atoms with Gasteiger partial charge in [-0.15, -0.1) is 0 Å². The SMILES string of the molecule is Cc1ccccc1C1CCCN1C(=O)c1c(N)cnn1C. The summed E-state index contributed by atoms with van der Waals surface area (Å²) in [5, 5.41) is 4.07. The van der Waals surface area contributed by atoms with Gasteiger partial charge in [0.25, 0.3) is 5.91 Å². The van der Waals surface area contributed by atoms with Crippen molar-refractivity contribution >= 4 is 11.6 Å². The number of carbonyl (C=O) groups excluding carboxylic acids is 1. The molecule has 0 spiro atoms. The van der Waals surface area contributed by atoms with E-state index in [2.05, 4.69) is 24.2 Å². The van der Waals surface area contributed by atoms with E-state index in [-0.39, 0.29) is 11.9 Å². The van der Waals surface area contributed by atoms with Crippen LogP contribution in [0.1, 0.15) is 40.5 Å². The summed E-state index contributed by atoms with van der Waals surface area (Å²) in [6, 6.07) is 8.39. The lowest BCUT2D eigenvalue weighted by Gasteiger charge is -2.26. The maximum Gasteiger partial charge on any atom is 0.274 e. The summed E-state index contributed by atoms with van der Waals surface area (Å²) in [4.78, 5) is 14.8. The molecule has 5 heteroatoms. The summed E-state index contributed by atoms with van der Waals surface area (Å²) in [6.07, 6.45) is 3.54. The lowest BCUT2D eigenvalue weighted by Crippen LogP contribution is -2.32. The number of amides is 1. The van der Waals surface area contributed by atoms with Crippen LogP contribution in [0.5, 0.6) is 0 Å². The molecule has 1 aromatic heterocycles. The number of nitrogens with two attached hydrogens (primary N) is 1. The van der Waals surface area contributed by atoms with E-state index >= 15 is 0 Å². The van der Waals surface area contributed by atoms with E-state index in [1.54, 1.807) is 11.7 Å². The minimum atomic E-state index is -0.0294. The molecule has 2 heterocycles. The number of hydrogen-bond donors (Lipinski definition) is 1. The van der Waals surface area contributed by atoms with Crippen LogP contribution >= 0.6 is 0 Å². The van der Waals surface area contributed by atoms with Crippen molar-refractivity contribution in [3.63, 3.8) is 0 Å². The zero-order valence-electron chi connectivity index (χ0n) is 12.4. The Hall–Kier alpha value is -2.30. The molecular formula is C16H20N4O. The summed E-state index contributed by atoms with van der Waals surface area (Å²) in [5.41, 5.74) is 9.27. The highest BCUT2D eigenvalue weighted by Crippen LogP contribution is 2.35. The molecule has 1 atom stereocenters. The van der Waals surface area contributed by atoms with Crippen LogP contribution in [0.3, 0.4) is 0 Å². The van der Waals surface area contributed by atoms with Crippen LogP contribution < -0.4 is 5.73 Å². The highest BCUT2D eigenvalue weighted by molar-refractivity contribution is 5.97. The first-order chi connectivity index (χ1) is 10.1. The second-order valence-electron chi connectivity index (χ2n) is 5.59. The van der Waals surface area contributed by atoms with Crippen molar-refractivity contribution in [3.05, 3.63) is 47.3 Å².